The number of halogens is 1. The first-order valence-corrected chi connectivity index (χ1v) is 5.92. The summed E-state index contributed by atoms with van der Waals surface area (Å²) in [6.45, 7) is 1.42. The summed E-state index contributed by atoms with van der Waals surface area (Å²) in [6.07, 6.45) is 4.33. The molecule has 4 nitrogen and oxygen atoms in total. The molecule has 1 fully saturated rings. The van der Waals surface area contributed by atoms with E-state index < -0.39 is 0 Å². The zero-order valence-electron chi connectivity index (χ0n) is 9.02. The molecule has 1 amide bonds. The van der Waals surface area contributed by atoms with Crippen LogP contribution in [0.4, 0.5) is 0 Å². The summed E-state index contributed by atoms with van der Waals surface area (Å²) >= 11 is 3.31. The number of pyridine rings is 1. The summed E-state index contributed by atoms with van der Waals surface area (Å²) in [7, 11) is 1.68. The van der Waals surface area contributed by atoms with Crippen molar-refractivity contribution in [1.82, 2.24) is 9.88 Å². The van der Waals surface area contributed by atoms with Crippen molar-refractivity contribution in [3.63, 3.8) is 0 Å². The number of nitrogens with zero attached hydrogens (tertiary/aromatic N) is 2. The summed E-state index contributed by atoms with van der Waals surface area (Å²) in [5.41, 5.74) is 0.617. The highest BCUT2D eigenvalue weighted by molar-refractivity contribution is 9.10. The number of carbonyl (C=O) groups excluding carboxylic acids is 1. The van der Waals surface area contributed by atoms with Gasteiger partial charge in [0, 0.05) is 37.1 Å². The Labute approximate surface area is 103 Å². The maximum Gasteiger partial charge on any atom is 0.255 e. The molecule has 1 aromatic heterocycles. The van der Waals surface area contributed by atoms with Crippen molar-refractivity contribution in [1.29, 1.82) is 0 Å². The first-order chi connectivity index (χ1) is 7.70. The molecule has 1 aromatic rings. The topological polar surface area (TPSA) is 42.4 Å². The van der Waals surface area contributed by atoms with E-state index in [1.807, 2.05) is 0 Å². The van der Waals surface area contributed by atoms with E-state index in [1.54, 1.807) is 30.5 Å². The van der Waals surface area contributed by atoms with Crippen LogP contribution in [-0.2, 0) is 4.74 Å². The highest BCUT2D eigenvalue weighted by Crippen LogP contribution is 2.17. The largest absolute Gasteiger partial charge is 0.380 e. The molecule has 2 rings (SSSR count). The van der Waals surface area contributed by atoms with Gasteiger partial charge in [0.15, 0.2) is 0 Å². The third-order valence-electron chi connectivity index (χ3n) is 2.72. The van der Waals surface area contributed by atoms with Gasteiger partial charge in [-0.2, -0.15) is 0 Å². The van der Waals surface area contributed by atoms with Crippen LogP contribution >= 0.6 is 15.9 Å². The minimum atomic E-state index is 0.0216. The van der Waals surface area contributed by atoms with Gasteiger partial charge in [0.2, 0.25) is 0 Å². The van der Waals surface area contributed by atoms with Crippen molar-refractivity contribution in [3.05, 3.63) is 28.5 Å². The molecule has 0 spiro atoms. The van der Waals surface area contributed by atoms with Crippen LogP contribution < -0.4 is 0 Å². The predicted molar refractivity (Wildman–Crippen MR) is 63.3 cm³/mol. The minimum Gasteiger partial charge on any atom is -0.380 e. The van der Waals surface area contributed by atoms with Gasteiger partial charge in [0.05, 0.1) is 11.7 Å². The van der Waals surface area contributed by atoms with E-state index >= 15 is 0 Å². The van der Waals surface area contributed by atoms with Crippen LogP contribution in [0.5, 0.6) is 0 Å². The number of methoxy groups -OCH3 is 1. The Bertz CT molecular complexity index is 397. The summed E-state index contributed by atoms with van der Waals surface area (Å²) in [5.74, 6) is 0.0216. The quantitative estimate of drug-likeness (QED) is 0.830. The lowest BCUT2D eigenvalue weighted by molar-refractivity contribution is 0.0723. The Hall–Kier alpha value is -0.940. The van der Waals surface area contributed by atoms with E-state index in [0.717, 1.165) is 17.4 Å². The lowest BCUT2D eigenvalue weighted by Gasteiger charge is -2.15. The molecular weight excluding hydrogens is 272 g/mol. The summed E-state index contributed by atoms with van der Waals surface area (Å²) in [6, 6.07) is 1.79. The molecule has 0 N–H and O–H groups in total. The second-order valence-electron chi connectivity index (χ2n) is 3.79. The molecule has 0 aliphatic carbocycles. The van der Waals surface area contributed by atoms with Crippen molar-refractivity contribution in [3.8, 4) is 0 Å². The van der Waals surface area contributed by atoms with Crippen LogP contribution in [-0.4, -0.2) is 42.1 Å². The van der Waals surface area contributed by atoms with Gasteiger partial charge in [-0.15, -0.1) is 0 Å². The van der Waals surface area contributed by atoms with Crippen LogP contribution in [0.25, 0.3) is 0 Å². The van der Waals surface area contributed by atoms with Gasteiger partial charge in [-0.1, -0.05) is 0 Å². The van der Waals surface area contributed by atoms with E-state index in [4.69, 9.17) is 4.74 Å². The Morgan fingerprint density at radius 3 is 3.06 bits per heavy atom. The zero-order chi connectivity index (χ0) is 11.5. The molecule has 86 valence electrons. The molecule has 0 radical (unpaired) electrons. The molecule has 1 atom stereocenters. The van der Waals surface area contributed by atoms with E-state index in [0.29, 0.717) is 12.1 Å². The second-order valence-corrected chi connectivity index (χ2v) is 4.71. The van der Waals surface area contributed by atoms with Crippen molar-refractivity contribution < 1.29 is 9.53 Å². The molecule has 1 saturated heterocycles. The normalized spacial score (nSPS) is 20.1. The highest BCUT2D eigenvalue weighted by atomic mass is 79.9. The first kappa shape index (κ1) is 11.5. The van der Waals surface area contributed by atoms with Crippen LogP contribution in [0.3, 0.4) is 0 Å². The van der Waals surface area contributed by atoms with Crippen LogP contribution in [0.2, 0.25) is 0 Å². The smallest absolute Gasteiger partial charge is 0.255 e. The average molecular weight is 285 g/mol. The SMILES string of the molecule is COC1CCN(C(=O)c2cncc(Br)c2)C1. The lowest BCUT2D eigenvalue weighted by Crippen LogP contribution is -2.30. The third kappa shape index (κ3) is 2.41. The number of aromatic nitrogens is 1. The summed E-state index contributed by atoms with van der Waals surface area (Å²) in [4.78, 5) is 17.9. The molecule has 2 heterocycles. The van der Waals surface area contributed by atoms with Gasteiger partial charge < -0.3 is 9.64 Å². The Kier molecular flexibility index (Phi) is 3.56. The number of carbonyl (C=O) groups is 1. The Morgan fingerprint density at radius 1 is 1.62 bits per heavy atom. The molecule has 0 aromatic carbocycles. The molecule has 1 unspecified atom stereocenters. The van der Waals surface area contributed by atoms with E-state index in [9.17, 15) is 4.79 Å². The van der Waals surface area contributed by atoms with Crippen LogP contribution in [0.15, 0.2) is 22.9 Å². The number of hydrogen-bond donors (Lipinski definition) is 0. The number of amides is 1. The average Bonchev–Trinajstić information content (AvgIpc) is 2.76. The molecule has 1 aliphatic heterocycles. The fraction of sp³-hybridized carbons (Fsp3) is 0.455. The van der Waals surface area contributed by atoms with E-state index in [-0.39, 0.29) is 12.0 Å². The molecule has 16 heavy (non-hydrogen) atoms. The van der Waals surface area contributed by atoms with E-state index in [1.165, 1.54) is 0 Å². The van der Waals surface area contributed by atoms with Gasteiger partial charge in [0.25, 0.3) is 5.91 Å². The number of ether oxygens (including phenoxy) is 1. The van der Waals surface area contributed by atoms with Crippen molar-refractivity contribution in [2.75, 3.05) is 20.2 Å². The van der Waals surface area contributed by atoms with E-state index in [2.05, 4.69) is 20.9 Å². The highest BCUT2D eigenvalue weighted by Gasteiger charge is 2.26. The van der Waals surface area contributed by atoms with Gasteiger partial charge >= 0.3 is 0 Å². The van der Waals surface area contributed by atoms with Crippen molar-refractivity contribution >= 4 is 21.8 Å². The predicted octanol–water partition coefficient (Wildman–Crippen LogP) is 1.71. The first-order valence-electron chi connectivity index (χ1n) is 5.13. The Balaban J connectivity index is 2.08. The maximum absolute atomic E-state index is 12.1. The second kappa shape index (κ2) is 4.93. The fourth-order valence-electron chi connectivity index (χ4n) is 1.82. The molecule has 0 bridgehead atoms. The monoisotopic (exact) mass is 284 g/mol. The van der Waals surface area contributed by atoms with Gasteiger partial charge in [-0.05, 0) is 28.4 Å². The molecule has 0 saturated carbocycles. The molecular formula is C11H13BrN2O2. The third-order valence-corrected chi connectivity index (χ3v) is 3.15. The van der Waals surface area contributed by atoms with Crippen LogP contribution in [0, 0.1) is 0 Å². The summed E-state index contributed by atoms with van der Waals surface area (Å²) in [5, 5.41) is 0. The standard InChI is InChI=1S/C11H13BrN2O2/c1-16-10-2-3-14(7-10)11(15)8-4-9(12)6-13-5-8/h4-6,10H,2-3,7H2,1H3. The lowest BCUT2D eigenvalue weighted by atomic mass is 10.2. The Morgan fingerprint density at radius 2 is 2.44 bits per heavy atom. The van der Waals surface area contributed by atoms with Gasteiger partial charge in [0.1, 0.15) is 0 Å². The molecule has 5 heteroatoms. The van der Waals surface area contributed by atoms with Crippen molar-refractivity contribution in [2.45, 2.75) is 12.5 Å². The van der Waals surface area contributed by atoms with Crippen molar-refractivity contribution in [2.24, 2.45) is 0 Å². The minimum absolute atomic E-state index is 0.0216. The zero-order valence-corrected chi connectivity index (χ0v) is 10.6. The fourth-order valence-corrected chi connectivity index (χ4v) is 2.18. The van der Waals surface area contributed by atoms with Gasteiger partial charge in [-0.25, -0.2) is 0 Å². The number of rotatable bonds is 2. The molecule has 1 aliphatic rings. The maximum atomic E-state index is 12.1. The summed E-state index contributed by atoms with van der Waals surface area (Å²) < 4.78 is 6.05. The number of likely N-dealkylation sites (tertiary alicyclic amines) is 1. The van der Waals surface area contributed by atoms with Crippen LogP contribution in [0.1, 0.15) is 16.8 Å². The number of hydrogen-bond acceptors (Lipinski definition) is 3. The van der Waals surface area contributed by atoms with Gasteiger partial charge in [-0.3, -0.25) is 9.78 Å².